The fourth-order valence-corrected chi connectivity index (χ4v) is 2.00. The van der Waals surface area contributed by atoms with E-state index in [0.29, 0.717) is 11.5 Å². The Balaban J connectivity index is 2.07. The Hall–Kier alpha value is -2.56. The van der Waals surface area contributed by atoms with Crippen LogP contribution in [-0.4, -0.2) is 4.92 Å². The number of nitrogens with zero attached hydrogens (tertiary/aromatic N) is 1. The summed E-state index contributed by atoms with van der Waals surface area (Å²) in [5, 5.41) is 10.7. The second kappa shape index (κ2) is 6.74. The summed E-state index contributed by atoms with van der Waals surface area (Å²) < 4.78 is 5.65. The van der Waals surface area contributed by atoms with Gasteiger partial charge in [-0.05, 0) is 36.6 Å². The summed E-state index contributed by atoms with van der Waals surface area (Å²) in [6.45, 7) is 2.16. The zero-order valence-corrected chi connectivity index (χ0v) is 11.9. The van der Waals surface area contributed by atoms with Gasteiger partial charge in [-0.2, -0.15) is 0 Å². The van der Waals surface area contributed by atoms with Gasteiger partial charge in [0.1, 0.15) is 17.2 Å². The predicted octanol–water partition coefficient (Wildman–Crippen LogP) is 4.31. The van der Waals surface area contributed by atoms with Crippen molar-refractivity contribution >= 4 is 11.4 Å². The van der Waals surface area contributed by atoms with Crippen molar-refractivity contribution in [1.82, 2.24) is 0 Å². The van der Waals surface area contributed by atoms with Crippen molar-refractivity contribution in [3.63, 3.8) is 0 Å². The number of unbranched alkanes of at least 4 members (excludes halogenated alkanes) is 1. The molecular formula is C16H18N2O3. The molecule has 0 radical (unpaired) electrons. The van der Waals surface area contributed by atoms with Gasteiger partial charge in [0.05, 0.1) is 4.92 Å². The Morgan fingerprint density at radius 2 is 1.81 bits per heavy atom. The van der Waals surface area contributed by atoms with Crippen LogP contribution in [0.25, 0.3) is 0 Å². The van der Waals surface area contributed by atoms with Crippen LogP contribution in [0.2, 0.25) is 0 Å². The summed E-state index contributed by atoms with van der Waals surface area (Å²) >= 11 is 0. The highest BCUT2D eigenvalue weighted by Gasteiger charge is 2.11. The Kier molecular flexibility index (Phi) is 4.77. The van der Waals surface area contributed by atoms with E-state index in [2.05, 4.69) is 6.92 Å². The first-order chi connectivity index (χ1) is 10.1. The van der Waals surface area contributed by atoms with E-state index < -0.39 is 4.92 Å². The van der Waals surface area contributed by atoms with Gasteiger partial charge in [-0.25, -0.2) is 0 Å². The number of ether oxygens (including phenoxy) is 1. The number of hydrogen-bond acceptors (Lipinski definition) is 4. The van der Waals surface area contributed by atoms with Crippen molar-refractivity contribution < 1.29 is 9.66 Å². The standard InChI is InChI=1S/C16H18N2O3/c1-2-3-4-12-5-7-13(8-6-12)21-14-9-10-16(18(19)20)15(17)11-14/h5-11H,2-4,17H2,1H3. The van der Waals surface area contributed by atoms with E-state index in [1.807, 2.05) is 24.3 Å². The van der Waals surface area contributed by atoms with E-state index in [1.165, 1.54) is 30.5 Å². The maximum atomic E-state index is 10.7. The number of nitro benzene ring substituents is 1. The summed E-state index contributed by atoms with van der Waals surface area (Å²) in [7, 11) is 0. The second-order valence-corrected chi connectivity index (χ2v) is 4.83. The molecule has 0 heterocycles. The molecule has 0 aromatic heterocycles. The van der Waals surface area contributed by atoms with E-state index in [-0.39, 0.29) is 11.4 Å². The van der Waals surface area contributed by atoms with Crippen molar-refractivity contribution in [3.8, 4) is 11.5 Å². The zero-order valence-electron chi connectivity index (χ0n) is 11.9. The third-order valence-electron chi connectivity index (χ3n) is 3.17. The van der Waals surface area contributed by atoms with Crippen molar-refractivity contribution in [1.29, 1.82) is 0 Å². The van der Waals surface area contributed by atoms with Crippen LogP contribution in [0, 0.1) is 10.1 Å². The third kappa shape index (κ3) is 3.95. The fourth-order valence-electron chi connectivity index (χ4n) is 2.00. The van der Waals surface area contributed by atoms with Gasteiger partial charge >= 0.3 is 0 Å². The number of rotatable bonds is 6. The van der Waals surface area contributed by atoms with Gasteiger partial charge in [0.15, 0.2) is 0 Å². The van der Waals surface area contributed by atoms with Gasteiger partial charge in [0.2, 0.25) is 0 Å². The van der Waals surface area contributed by atoms with Crippen molar-refractivity contribution in [3.05, 3.63) is 58.1 Å². The Bertz CT molecular complexity index is 624. The quantitative estimate of drug-likeness (QED) is 0.487. The molecule has 0 amide bonds. The largest absolute Gasteiger partial charge is 0.457 e. The molecule has 2 aromatic rings. The normalized spacial score (nSPS) is 10.3. The first kappa shape index (κ1) is 14.8. The van der Waals surface area contributed by atoms with Crippen molar-refractivity contribution in [2.45, 2.75) is 26.2 Å². The highest BCUT2D eigenvalue weighted by atomic mass is 16.6. The van der Waals surface area contributed by atoms with E-state index in [0.717, 1.165) is 6.42 Å². The summed E-state index contributed by atoms with van der Waals surface area (Å²) in [6, 6.07) is 12.2. The first-order valence-electron chi connectivity index (χ1n) is 6.91. The van der Waals surface area contributed by atoms with Crippen LogP contribution in [0.15, 0.2) is 42.5 Å². The van der Waals surface area contributed by atoms with Gasteiger partial charge in [0, 0.05) is 12.1 Å². The molecule has 0 saturated heterocycles. The molecule has 0 saturated carbocycles. The number of nitrogens with two attached hydrogens (primary N) is 1. The predicted molar refractivity (Wildman–Crippen MR) is 82.6 cm³/mol. The summed E-state index contributed by atoms with van der Waals surface area (Å²) in [4.78, 5) is 10.2. The molecule has 0 aliphatic heterocycles. The molecule has 0 unspecified atom stereocenters. The monoisotopic (exact) mass is 286 g/mol. The summed E-state index contributed by atoms with van der Waals surface area (Å²) in [5.74, 6) is 1.17. The minimum absolute atomic E-state index is 0.0945. The molecular weight excluding hydrogens is 268 g/mol. The maximum absolute atomic E-state index is 10.7. The van der Waals surface area contributed by atoms with Crippen LogP contribution in [0.1, 0.15) is 25.3 Å². The lowest BCUT2D eigenvalue weighted by atomic mass is 10.1. The van der Waals surface area contributed by atoms with Crippen LogP contribution in [0.5, 0.6) is 11.5 Å². The van der Waals surface area contributed by atoms with Gasteiger partial charge in [-0.15, -0.1) is 0 Å². The Morgan fingerprint density at radius 1 is 1.14 bits per heavy atom. The van der Waals surface area contributed by atoms with Gasteiger partial charge < -0.3 is 10.5 Å². The van der Waals surface area contributed by atoms with Gasteiger partial charge in [-0.3, -0.25) is 10.1 Å². The van der Waals surface area contributed by atoms with Crippen LogP contribution in [0.3, 0.4) is 0 Å². The molecule has 21 heavy (non-hydrogen) atoms. The molecule has 0 fully saturated rings. The van der Waals surface area contributed by atoms with E-state index >= 15 is 0 Å². The lowest BCUT2D eigenvalue weighted by molar-refractivity contribution is -0.383. The molecule has 2 N–H and O–H groups in total. The molecule has 5 heteroatoms. The van der Waals surface area contributed by atoms with Crippen LogP contribution < -0.4 is 10.5 Å². The first-order valence-corrected chi connectivity index (χ1v) is 6.91. The van der Waals surface area contributed by atoms with E-state index in [1.54, 1.807) is 6.07 Å². The second-order valence-electron chi connectivity index (χ2n) is 4.83. The lowest BCUT2D eigenvalue weighted by Crippen LogP contribution is -1.96. The fraction of sp³-hybridized carbons (Fsp3) is 0.250. The Morgan fingerprint density at radius 3 is 2.38 bits per heavy atom. The number of anilines is 1. The molecule has 2 rings (SSSR count). The number of nitro groups is 1. The number of benzene rings is 2. The highest BCUT2D eigenvalue weighted by Crippen LogP contribution is 2.29. The maximum Gasteiger partial charge on any atom is 0.292 e. The lowest BCUT2D eigenvalue weighted by Gasteiger charge is -2.07. The van der Waals surface area contributed by atoms with Crippen LogP contribution in [0.4, 0.5) is 11.4 Å². The average Bonchev–Trinajstić information content (AvgIpc) is 2.46. The number of nitrogen functional groups attached to an aromatic ring is 1. The molecule has 110 valence electrons. The van der Waals surface area contributed by atoms with Crippen molar-refractivity contribution in [2.24, 2.45) is 0 Å². The van der Waals surface area contributed by atoms with Gasteiger partial charge in [0.25, 0.3) is 5.69 Å². The molecule has 0 aliphatic rings. The van der Waals surface area contributed by atoms with Crippen LogP contribution in [-0.2, 0) is 6.42 Å². The topological polar surface area (TPSA) is 78.4 Å². The minimum Gasteiger partial charge on any atom is -0.457 e. The smallest absolute Gasteiger partial charge is 0.292 e. The third-order valence-corrected chi connectivity index (χ3v) is 3.17. The molecule has 5 nitrogen and oxygen atoms in total. The molecule has 0 aliphatic carbocycles. The van der Waals surface area contributed by atoms with Gasteiger partial charge in [-0.1, -0.05) is 25.5 Å². The molecule has 0 bridgehead atoms. The summed E-state index contributed by atoms with van der Waals surface area (Å²) in [6.07, 6.45) is 3.39. The average molecular weight is 286 g/mol. The summed E-state index contributed by atoms with van der Waals surface area (Å²) in [5.41, 5.74) is 6.88. The number of hydrogen-bond donors (Lipinski definition) is 1. The Labute approximate surface area is 123 Å². The SMILES string of the molecule is CCCCc1ccc(Oc2ccc([N+](=O)[O-])c(N)c2)cc1. The molecule has 0 spiro atoms. The van der Waals surface area contributed by atoms with Crippen LogP contribution >= 0.6 is 0 Å². The van der Waals surface area contributed by atoms with E-state index in [9.17, 15) is 10.1 Å². The number of aryl methyl sites for hydroxylation is 1. The van der Waals surface area contributed by atoms with E-state index in [4.69, 9.17) is 10.5 Å². The van der Waals surface area contributed by atoms with Crippen molar-refractivity contribution in [2.75, 3.05) is 5.73 Å². The highest BCUT2D eigenvalue weighted by molar-refractivity contribution is 5.61. The minimum atomic E-state index is -0.512. The molecule has 2 aromatic carbocycles. The molecule has 0 atom stereocenters. The zero-order chi connectivity index (χ0) is 15.2.